The molecule has 1 aliphatic heterocycles. The number of aromatic nitrogens is 4. The summed E-state index contributed by atoms with van der Waals surface area (Å²) < 4.78 is 37.4. The van der Waals surface area contributed by atoms with Gasteiger partial charge in [0, 0.05) is 48.7 Å². The van der Waals surface area contributed by atoms with Crippen molar-refractivity contribution >= 4 is 21.8 Å². The van der Waals surface area contributed by atoms with Gasteiger partial charge in [-0.25, -0.2) is 28.1 Å². The standard InChI is InChI=1S/C39H48N6O3S/c1-24(2)20-27-12-8-17-31(38-40-19-18-34(42-38)45(5)29-14-9-15-29)37-28-13-7-16-30(21-28)49(46,47)44-39-41-33(22-35(43-39)48-23-32(27)37)36-25(3)10-6-11-26(36)4/h6-7,10-11,13,16,18-19,21-22,24,27,29,31-32,37H,8-9,12,14-15,17,20,23H2,1-5H3,(H,41,43,44)/t27-,31-,32+,37?/m0/s1. The molecule has 2 aromatic heterocycles. The summed E-state index contributed by atoms with van der Waals surface area (Å²) >= 11 is 0. The number of benzene rings is 2. The zero-order valence-electron chi connectivity index (χ0n) is 29.3. The highest BCUT2D eigenvalue weighted by Gasteiger charge is 2.42. The van der Waals surface area contributed by atoms with Crippen LogP contribution in [0.1, 0.15) is 93.1 Å². The zero-order valence-corrected chi connectivity index (χ0v) is 30.1. The fourth-order valence-corrected chi connectivity index (χ4v) is 9.33. The highest BCUT2D eigenvalue weighted by molar-refractivity contribution is 7.92. The van der Waals surface area contributed by atoms with E-state index in [1.165, 1.54) is 19.3 Å². The van der Waals surface area contributed by atoms with Crippen LogP contribution < -0.4 is 14.4 Å². The average Bonchev–Trinajstić information content (AvgIpc) is 3.21. The number of sulfonamides is 1. The Morgan fingerprint density at radius 2 is 1.69 bits per heavy atom. The second kappa shape index (κ2) is 13.7. The molecule has 0 spiro atoms. The Balaban J connectivity index is 1.37. The molecule has 9 nitrogen and oxygen atoms in total. The summed E-state index contributed by atoms with van der Waals surface area (Å²) in [5.41, 5.74) is 4.62. The molecular formula is C39H48N6O3S. The second-order valence-corrected chi connectivity index (χ2v) is 16.4. The van der Waals surface area contributed by atoms with Gasteiger partial charge < -0.3 is 9.64 Å². The zero-order chi connectivity index (χ0) is 34.3. The monoisotopic (exact) mass is 680 g/mol. The molecule has 10 heteroatoms. The number of rotatable bonds is 6. The summed E-state index contributed by atoms with van der Waals surface area (Å²) in [6.45, 7) is 9.06. The normalized spacial score (nSPS) is 23.5. The lowest BCUT2D eigenvalue weighted by atomic mass is 9.70. The molecule has 258 valence electrons. The van der Waals surface area contributed by atoms with Crippen molar-refractivity contribution in [3.63, 3.8) is 0 Å². The van der Waals surface area contributed by atoms with Gasteiger partial charge in [-0.2, -0.15) is 4.98 Å². The predicted octanol–water partition coefficient (Wildman–Crippen LogP) is 8.06. The van der Waals surface area contributed by atoms with E-state index < -0.39 is 10.0 Å². The second-order valence-electron chi connectivity index (χ2n) is 14.8. The molecular weight excluding hydrogens is 633 g/mol. The van der Waals surface area contributed by atoms with Crippen LogP contribution in [0.4, 0.5) is 11.8 Å². The largest absolute Gasteiger partial charge is 0.477 e. The highest BCUT2D eigenvalue weighted by Crippen LogP contribution is 2.50. The summed E-state index contributed by atoms with van der Waals surface area (Å²) in [6.07, 6.45) is 9.57. The Morgan fingerprint density at radius 3 is 2.43 bits per heavy atom. The van der Waals surface area contributed by atoms with Crippen LogP contribution in [0.5, 0.6) is 5.88 Å². The lowest BCUT2D eigenvalue weighted by molar-refractivity contribution is 0.141. The quantitative estimate of drug-likeness (QED) is 0.218. The molecule has 4 aromatic rings. The molecule has 0 amide bonds. The summed E-state index contributed by atoms with van der Waals surface area (Å²) in [4.78, 5) is 22.0. The molecule has 3 heterocycles. The highest BCUT2D eigenvalue weighted by atomic mass is 32.2. The Bertz CT molecular complexity index is 1910. The van der Waals surface area contributed by atoms with Gasteiger partial charge in [-0.05, 0) is 92.7 Å². The van der Waals surface area contributed by atoms with Crippen molar-refractivity contribution < 1.29 is 13.2 Å². The maximum absolute atomic E-state index is 14.0. The van der Waals surface area contributed by atoms with Gasteiger partial charge in [0.2, 0.25) is 11.8 Å². The van der Waals surface area contributed by atoms with Gasteiger partial charge in [0.05, 0.1) is 17.2 Å². The lowest BCUT2D eigenvalue weighted by Crippen LogP contribution is -2.38. The van der Waals surface area contributed by atoms with Gasteiger partial charge in [0.1, 0.15) is 11.6 Å². The molecule has 3 aliphatic rings. The average molecular weight is 681 g/mol. The Morgan fingerprint density at radius 1 is 0.939 bits per heavy atom. The predicted molar refractivity (Wildman–Crippen MR) is 194 cm³/mol. The third-order valence-corrected chi connectivity index (χ3v) is 12.3. The van der Waals surface area contributed by atoms with Gasteiger partial charge in [-0.15, -0.1) is 0 Å². The minimum absolute atomic E-state index is 0.00375. The SMILES string of the molecule is Cc1cccc(C)c1-c1cc2nc(n1)NS(=O)(=O)c1cccc(c1)C1[C@@H](c3nccc(N(C)C4CCC4)n3)CCC[C@@H](CC(C)C)[C@H]1CO2. The molecule has 2 saturated carbocycles. The fourth-order valence-electron chi connectivity index (χ4n) is 8.33. The third kappa shape index (κ3) is 6.89. The molecule has 2 aliphatic carbocycles. The van der Waals surface area contributed by atoms with Gasteiger partial charge in [-0.3, -0.25) is 0 Å². The molecule has 1 unspecified atom stereocenters. The molecule has 0 radical (unpaired) electrons. The molecule has 49 heavy (non-hydrogen) atoms. The maximum atomic E-state index is 14.0. The van der Waals surface area contributed by atoms with Crippen LogP contribution in [-0.2, 0) is 10.0 Å². The maximum Gasteiger partial charge on any atom is 0.264 e. The van der Waals surface area contributed by atoms with E-state index >= 15 is 0 Å². The third-order valence-electron chi connectivity index (χ3n) is 11.0. The van der Waals surface area contributed by atoms with Gasteiger partial charge in [0.25, 0.3) is 10.0 Å². The van der Waals surface area contributed by atoms with Crippen molar-refractivity contribution in [2.45, 2.75) is 95.4 Å². The first-order chi connectivity index (χ1) is 23.6. The number of anilines is 2. The smallest absolute Gasteiger partial charge is 0.264 e. The Labute approximate surface area is 291 Å². The van der Waals surface area contributed by atoms with E-state index in [0.717, 1.165) is 59.6 Å². The van der Waals surface area contributed by atoms with E-state index in [2.05, 4.69) is 41.6 Å². The van der Waals surface area contributed by atoms with E-state index in [4.69, 9.17) is 19.7 Å². The number of nitrogens with one attached hydrogen (secondary N) is 1. The number of ether oxygens (including phenoxy) is 1. The van der Waals surface area contributed by atoms with Crippen molar-refractivity contribution in [2.24, 2.45) is 17.8 Å². The van der Waals surface area contributed by atoms with Crippen LogP contribution in [0.2, 0.25) is 0 Å². The first-order valence-electron chi connectivity index (χ1n) is 17.8. The van der Waals surface area contributed by atoms with Crippen LogP contribution in [-0.4, -0.2) is 48.1 Å². The van der Waals surface area contributed by atoms with Gasteiger partial charge >= 0.3 is 0 Å². The molecule has 2 aromatic carbocycles. The number of fused-ring (bicyclic) bond motifs is 6. The van der Waals surface area contributed by atoms with Crippen LogP contribution in [0.3, 0.4) is 0 Å². The van der Waals surface area contributed by atoms with E-state index in [1.807, 2.05) is 62.5 Å². The molecule has 7 rings (SSSR count). The lowest BCUT2D eigenvalue weighted by Gasteiger charge is -2.37. The van der Waals surface area contributed by atoms with E-state index in [-0.39, 0.29) is 28.6 Å². The van der Waals surface area contributed by atoms with Gasteiger partial charge in [0.15, 0.2) is 0 Å². The molecule has 1 N–H and O–H groups in total. The molecule has 4 atom stereocenters. The molecule has 0 saturated heterocycles. The summed E-state index contributed by atoms with van der Waals surface area (Å²) in [5, 5.41) is 0. The Hall–Kier alpha value is -4.05. The van der Waals surface area contributed by atoms with E-state index in [9.17, 15) is 8.42 Å². The minimum Gasteiger partial charge on any atom is -0.477 e. The van der Waals surface area contributed by atoms with Crippen molar-refractivity contribution in [3.8, 4) is 17.1 Å². The number of hydrogen-bond donors (Lipinski definition) is 1. The topological polar surface area (TPSA) is 110 Å². The van der Waals surface area contributed by atoms with E-state index in [0.29, 0.717) is 36.1 Å². The van der Waals surface area contributed by atoms with Gasteiger partial charge in [-0.1, -0.05) is 57.0 Å². The summed E-state index contributed by atoms with van der Waals surface area (Å²) in [7, 11) is -1.88. The van der Waals surface area contributed by atoms with Crippen molar-refractivity contribution in [1.29, 1.82) is 0 Å². The van der Waals surface area contributed by atoms with Crippen LogP contribution in [0, 0.1) is 31.6 Å². The Kier molecular flexibility index (Phi) is 9.35. The summed E-state index contributed by atoms with van der Waals surface area (Å²) in [6, 6.07) is 17.9. The molecule has 4 bridgehead atoms. The number of nitrogens with zero attached hydrogens (tertiary/aromatic N) is 5. The van der Waals surface area contributed by atoms with Crippen molar-refractivity contribution in [1.82, 2.24) is 19.9 Å². The van der Waals surface area contributed by atoms with Crippen molar-refractivity contribution in [2.75, 3.05) is 23.3 Å². The van der Waals surface area contributed by atoms with Crippen molar-refractivity contribution in [3.05, 3.63) is 83.3 Å². The minimum atomic E-state index is -4.02. The van der Waals surface area contributed by atoms with Crippen LogP contribution in [0.15, 0.2) is 65.7 Å². The van der Waals surface area contributed by atoms with Crippen LogP contribution >= 0.6 is 0 Å². The number of aryl methyl sites for hydroxylation is 2. The molecule has 2 fully saturated rings. The fraction of sp³-hybridized carbons (Fsp3) is 0.487. The first kappa shape index (κ1) is 33.4. The number of hydrogen-bond acceptors (Lipinski definition) is 8. The first-order valence-corrected chi connectivity index (χ1v) is 19.3. The summed E-state index contributed by atoms with van der Waals surface area (Å²) in [5.74, 6) is 2.97. The van der Waals surface area contributed by atoms with E-state index in [1.54, 1.807) is 6.07 Å². The van der Waals surface area contributed by atoms with Crippen LogP contribution in [0.25, 0.3) is 11.3 Å².